The van der Waals surface area contributed by atoms with Gasteiger partial charge in [-0.05, 0) is 12.8 Å². The van der Waals surface area contributed by atoms with E-state index in [0.29, 0.717) is 25.7 Å². The van der Waals surface area contributed by atoms with Gasteiger partial charge >= 0.3 is 19.8 Å². The lowest BCUT2D eigenvalue weighted by Gasteiger charge is -2.20. The van der Waals surface area contributed by atoms with Crippen LogP contribution in [-0.2, 0) is 32.7 Å². The molecule has 3 atom stereocenters. The molecule has 0 fully saturated rings. The van der Waals surface area contributed by atoms with Crippen molar-refractivity contribution in [2.45, 2.75) is 206 Å². The Morgan fingerprint density at radius 2 is 1.10 bits per heavy atom. The van der Waals surface area contributed by atoms with Crippen LogP contribution < -0.4 is 0 Å². The van der Waals surface area contributed by atoms with Crippen LogP contribution in [0.15, 0.2) is 0 Å². The van der Waals surface area contributed by atoms with Crippen LogP contribution in [0.1, 0.15) is 206 Å². The van der Waals surface area contributed by atoms with Gasteiger partial charge in [-0.1, -0.05) is 168 Å². The Morgan fingerprint density at radius 3 is 1.59 bits per heavy atom. The van der Waals surface area contributed by atoms with Gasteiger partial charge in [-0.25, -0.2) is 4.57 Å². The molecule has 2 unspecified atom stereocenters. The molecule has 0 bridgehead atoms. The number of phosphoric ester groups is 1. The van der Waals surface area contributed by atoms with Crippen LogP contribution >= 0.6 is 7.82 Å². The Morgan fingerprint density at radius 1 is 0.653 bits per heavy atom. The number of phosphoric acid groups is 1. The van der Waals surface area contributed by atoms with Gasteiger partial charge in [0.25, 0.3) is 0 Å². The van der Waals surface area contributed by atoms with Crippen molar-refractivity contribution in [3.8, 4) is 0 Å². The summed E-state index contributed by atoms with van der Waals surface area (Å²) in [5.74, 6) is -1.10. The van der Waals surface area contributed by atoms with Crippen molar-refractivity contribution in [3.05, 3.63) is 0 Å². The van der Waals surface area contributed by atoms with E-state index < -0.39 is 84.4 Å². The van der Waals surface area contributed by atoms with Crippen LogP contribution in [0.5, 0.6) is 0 Å². The first-order valence-electron chi connectivity index (χ1n) is 23.4. The number of hydrogen-bond donors (Lipinski definition) is 3. The maximum atomic E-state index is 12.6. The van der Waals surface area contributed by atoms with Gasteiger partial charge in [0, 0.05) is 25.2 Å². The van der Waals surface area contributed by atoms with Crippen molar-refractivity contribution >= 4 is 19.8 Å². The molecule has 49 heavy (non-hydrogen) atoms. The highest BCUT2D eigenvalue weighted by atomic mass is 31.2. The first kappa shape index (κ1) is 33.8. The summed E-state index contributed by atoms with van der Waals surface area (Å²) in [6.07, 6.45) is 9.62. The number of carbonyl (C=O) groups is 2. The van der Waals surface area contributed by atoms with E-state index in [9.17, 15) is 24.2 Å². The summed E-state index contributed by atoms with van der Waals surface area (Å²) >= 11 is 0. The van der Waals surface area contributed by atoms with Crippen molar-refractivity contribution in [2.24, 2.45) is 0 Å². The van der Waals surface area contributed by atoms with Gasteiger partial charge in [0.1, 0.15) is 12.7 Å². The average Bonchev–Trinajstić information content (AvgIpc) is 3.15. The van der Waals surface area contributed by atoms with E-state index in [2.05, 4.69) is 11.4 Å². The molecular weight excluding hydrogens is 647 g/mol. The minimum absolute atomic E-state index is 0.107. The van der Waals surface area contributed by atoms with Crippen molar-refractivity contribution in [3.63, 3.8) is 0 Å². The van der Waals surface area contributed by atoms with E-state index in [4.69, 9.17) is 31.4 Å². The Kier molecular flexibility index (Phi) is 24.4. The third kappa shape index (κ3) is 35.2. The van der Waals surface area contributed by atoms with Crippen LogP contribution in [0.3, 0.4) is 0 Å². The summed E-state index contributed by atoms with van der Waals surface area (Å²) in [5.41, 5.74) is 0. The third-order valence-corrected chi connectivity index (χ3v) is 9.06. The highest BCUT2D eigenvalue weighted by Crippen LogP contribution is 2.43. The Hall–Kier alpha value is -1.03. The zero-order valence-corrected chi connectivity index (χ0v) is 31.2. The third-order valence-electron chi connectivity index (χ3n) is 8.11. The monoisotopic (exact) mass is 732 g/mol. The van der Waals surface area contributed by atoms with E-state index in [0.717, 1.165) is 57.8 Å². The summed E-state index contributed by atoms with van der Waals surface area (Å²) in [7, 11) is -4.68. The molecule has 3 N–H and O–H groups in total. The van der Waals surface area contributed by atoms with Gasteiger partial charge < -0.3 is 24.6 Å². The fraction of sp³-hybridized carbons (Fsp3) is 0.947. The molecule has 10 nitrogen and oxygen atoms in total. The topological polar surface area (TPSA) is 149 Å². The van der Waals surface area contributed by atoms with Crippen LogP contribution in [0, 0.1) is 0 Å². The fourth-order valence-electron chi connectivity index (χ4n) is 5.18. The Bertz CT molecular complexity index is 1130. The summed E-state index contributed by atoms with van der Waals surface area (Å²) in [6, 6.07) is 0. The van der Waals surface area contributed by atoms with E-state index >= 15 is 0 Å². The molecule has 0 aliphatic rings. The minimum Gasteiger partial charge on any atom is -0.462 e. The fourth-order valence-corrected chi connectivity index (χ4v) is 5.97. The van der Waals surface area contributed by atoms with E-state index in [1.165, 1.54) is 57.8 Å². The average molecular weight is 732 g/mol. The van der Waals surface area contributed by atoms with Crippen LogP contribution in [0.2, 0.25) is 0 Å². The molecule has 0 saturated heterocycles. The predicted molar refractivity (Wildman–Crippen MR) is 196 cm³/mol. The number of carbonyl (C=O) groups excluding carboxylic acids is 2. The van der Waals surface area contributed by atoms with Crippen molar-refractivity contribution in [1.29, 1.82) is 0 Å². The number of unbranched alkanes of at least 4 members (excludes halogenated alkanes) is 20. The molecule has 11 heteroatoms. The standard InChI is InChI=1S/C38H75O10P/c1-3-5-7-9-11-13-15-17-19-21-23-25-27-29-37(41)45-33-36(34-47-49(43,44)46-32-35(40)31-39)48-38(42)30-28-26-24-22-20-18-16-14-12-10-8-6-4-2/h35-36,39-40H,3-34H2,1-2H3,(H,43,44)/t35?,36-/m1/s1/i1D3,3D2,5D2,7D2. The maximum Gasteiger partial charge on any atom is 0.472 e. The van der Waals surface area contributed by atoms with Crippen molar-refractivity contribution < 1.29 is 60.1 Å². The Labute approximate surface area is 312 Å². The molecule has 0 spiro atoms. The van der Waals surface area contributed by atoms with Crippen LogP contribution in [-0.4, -0.2) is 65.7 Å². The molecule has 0 heterocycles. The summed E-state index contributed by atoms with van der Waals surface area (Å²) in [4.78, 5) is 35.0. The molecule has 292 valence electrons. The molecule has 0 rings (SSSR count). The molecule has 0 amide bonds. The van der Waals surface area contributed by atoms with Crippen LogP contribution in [0.4, 0.5) is 0 Å². The second-order valence-corrected chi connectivity index (χ2v) is 14.2. The van der Waals surface area contributed by atoms with Gasteiger partial charge in [-0.3, -0.25) is 18.6 Å². The number of ether oxygens (including phenoxy) is 2. The Balaban J connectivity index is 4.48. The van der Waals surface area contributed by atoms with Gasteiger partial charge in [0.2, 0.25) is 0 Å². The summed E-state index contributed by atoms with van der Waals surface area (Å²) in [6.45, 7) is -3.44. The van der Waals surface area contributed by atoms with Crippen molar-refractivity contribution in [2.75, 3.05) is 26.4 Å². The SMILES string of the molecule is [2H]C([2H])([2H])C([2H])([2H])C([2H])([2H])C([2H])([2H])CCCCCCCCCCCC(=O)OC[C@H](COP(=O)(O)OCC(O)CO)OC(=O)CCCCCCCCCCCCCCC. The molecule has 0 aromatic rings. The molecule has 0 aliphatic carbocycles. The molecule has 0 aromatic carbocycles. The molecular formula is C38H75O10P. The van der Waals surface area contributed by atoms with Crippen molar-refractivity contribution in [1.82, 2.24) is 0 Å². The largest absolute Gasteiger partial charge is 0.472 e. The van der Waals surface area contributed by atoms with E-state index in [1.807, 2.05) is 0 Å². The molecule has 0 radical (unpaired) electrons. The summed E-state index contributed by atoms with van der Waals surface area (Å²) in [5, 5.41) is 18.3. The minimum atomic E-state index is -4.68. The van der Waals surface area contributed by atoms with E-state index in [1.54, 1.807) is 0 Å². The molecule has 0 aliphatic heterocycles. The molecule has 0 aromatic heterocycles. The number of esters is 2. The lowest BCUT2D eigenvalue weighted by molar-refractivity contribution is -0.161. The normalized spacial score (nSPS) is 17.8. The number of aliphatic hydroxyl groups is 2. The second-order valence-electron chi connectivity index (χ2n) is 12.8. The second kappa shape index (κ2) is 35.4. The van der Waals surface area contributed by atoms with Gasteiger partial charge in [-0.2, -0.15) is 0 Å². The quantitative estimate of drug-likeness (QED) is 0.0318. The number of aliphatic hydroxyl groups excluding tert-OH is 2. The highest BCUT2D eigenvalue weighted by Gasteiger charge is 2.27. The van der Waals surface area contributed by atoms with Gasteiger partial charge in [0.15, 0.2) is 6.10 Å². The lowest BCUT2D eigenvalue weighted by atomic mass is 10.0. The smallest absolute Gasteiger partial charge is 0.462 e. The zero-order chi connectivity index (χ0) is 44.1. The molecule has 0 saturated carbocycles. The number of rotatable bonds is 38. The maximum absolute atomic E-state index is 12.6. The number of hydrogen-bond acceptors (Lipinski definition) is 9. The zero-order valence-electron chi connectivity index (χ0n) is 39.3. The van der Waals surface area contributed by atoms with Crippen LogP contribution in [0.25, 0.3) is 0 Å². The van der Waals surface area contributed by atoms with E-state index in [-0.39, 0.29) is 19.3 Å². The van der Waals surface area contributed by atoms with Gasteiger partial charge in [0.05, 0.1) is 19.8 Å². The predicted octanol–water partition coefficient (Wildman–Crippen LogP) is 9.89. The first-order valence-corrected chi connectivity index (χ1v) is 20.4. The first-order chi connectivity index (χ1) is 27.1. The lowest BCUT2D eigenvalue weighted by Crippen LogP contribution is -2.29. The summed E-state index contributed by atoms with van der Waals surface area (Å²) < 4.78 is 102. The highest BCUT2D eigenvalue weighted by molar-refractivity contribution is 7.47. The van der Waals surface area contributed by atoms with Gasteiger partial charge in [-0.15, -0.1) is 0 Å².